The molecule has 0 bridgehead atoms. The summed E-state index contributed by atoms with van der Waals surface area (Å²) < 4.78 is 13.0. The largest absolute Gasteiger partial charge is 0.492 e. The fraction of sp³-hybridized carbons (Fsp3) is 0.304. The number of hydrogen-bond donors (Lipinski definition) is 1. The minimum absolute atomic E-state index is 0.178. The molecule has 0 spiro atoms. The number of nitrogens with one attached hydrogen (secondary N) is 1. The van der Waals surface area contributed by atoms with E-state index < -0.39 is 0 Å². The Balaban J connectivity index is 1.56. The topological polar surface area (TPSA) is 65.4 Å². The Kier molecular flexibility index (Phi) is 7.88. The van der Waals surface area contributed by atoms with Gasteiger partial charge in [-0.25, -0.2) is 0 Å². The average Bonchev–Trinajstić information content (AvgIpc) is 2.77. The van der Waals surface area contributed by atoms with Crippen LogP contribution in [0, 0.1) is 0 Å². The maximum absolute atomic E-state index is 12.5. The van der Waals surface area contributed by atoms with Crippen molar-refractivity contribution in [2.24, 2.45) is 0 Å². The molecule has 3 rings (SSSR count). The van der Waals surface area contributed by atoms with Crippen LogP contribution in [0.15, 0.2) is 65.7 Å². The zero-order chi connectivity index (χ0) is 21.3. The highest BCUT2D eigenvalue weighted by atomic mass is 35.5. The molecule has 6 nitrogen and oxygen atoms in total. The van der Waals surface area contributed by atoms with Crippen molar-refractivity contribution in [3.05, 3.63) is 82.0 Å². The van der Waals surface area contributed by atoms with E-state index in [1.54, 1.807) is 35.2 Å². The predicted molar refractivity (Wildman–Crippen MR) is 119 cm³/mol. The van der Waals surface area contributed by atoms with Gasteiger partial charge in [-0.15, -0.1) is 0 Å². The third-order valence-corrected chi connectivity index (χ3v) is 4.88. The highest BCUT2D eigenvalue weighted by molar-refractivity contribution is 6.30. The maximum Gasteiger partial charge on any atom is 0.258 e. The summed E-state index contributed by atoms with van der Waals surface area (Å²) in [6.07, 6.45) is 4.35. The quantitative estimate of drug-likeness (QED) is 0.490. The Bertz CT molecular complexity index is 988. The van der Waals surface area contributed by atoms with Gasteiger partial charge in [0.15, 0.2) is 0 Å². The van der Waals surface area contributed by atoms with Gasteiger partial charge >= 0.3 is 0 Å². The molecule has 0 aliphatic carbocycles. The average molecular weight is 428 g/mol. The fourth-order valence-electron chi connectivity index (χ4n) is 2.73. The van der Waals surface area contributed by atoms with Crippen LogP contribution < -0.4 is 20.3 Å². The summed E-state index contributed by atoms with van der Waals surface area (Å²) in [5.74, 6) is 1.26. The van der Waals surface area contributed by atoms with Gasteiger partial charge in [0.25, 0.3) is 5.56 Å². The van der Waals surface area contributed by atoms with Gasteiger partial charge in [0, 0.05) is 36.7 Å². The molecule has 0 radical (unpaired) electrons. The van der Waals surface area contributed by atoms with Crippen molar-refractivity contribution >= 4 is 11.6 Å². The van der Waals surface area contributed by atoms with E-state index in [4.69, 9.17) is 21.1 Å². The van der Waals surface area contributed by atoms with E-state index in [0.29, 0.717) is 23.4 Å². The number of halogens is 1. The molecule has 0 aliphatic rings. The molecule has 0 fully saturated rings. The second kappa shape index (κ2) is 10.8. The lowest BCUT2D eigenvalue weighted by atomic mass is 10.2. The first-order valence-corrected chi connectivity index (χ1v) is 10.4. The Morgan fingerprint density at radius 3 is 2.57 bits per heavy atom. The molecule has 0 saturated heterocycles. The SMILES string of the molecule is CC[C@H](C)NCCOc1ccc(-n2ccc(OCc3ccc(Cl)cn3)cc2=O)cc1. The standard InChI is InChI=1S/C23H26ClN3O3/c1-3-17(2)25-11-13-29-21-8-6-20(7-9-21)27-12-10-22(14-23(27)28)30-16-19-5-4-18(24)15-26-19/h4-10,12,14-15,17,25H,3,11,13,16H2,1-2H3/t17-/m0/s1. The molecule has 0 unspecified atom stereocenters. The Morgan fingerprint density at radius 1 is 1.10 bits per heavy atom. The first kappa shape index (κ1) is 21.9. The Morgan fingerprint density at radius 2 is 1.90 bits per heavy atom. The van der Waals surface area contributed by atoms with Crippen molar-refractivity contribution in [1.29, 1.82) is 0 Å². The third kappa shape index (κ3) is 6.34. The van der Waals surface area contributed by atoms with Crippen LogP contribution in [0.5, 0.6) is 11.5 Å². The van der Waals surface area contributed by atoms with E-state index in [1.807, 2.05) is 24.3 Å². The Labute approximate surface area is 181 Å². The van der Waals surface area contributed by atoms with Crippen LogP contribution in [0.25, 0.3) is 5.69 Å². The molecule has 1 aromatic carbocycles. The summed E-state index contributed by atoms with van der Waals surface area (Å²) in [7, 11) is 0. The van der Waals surface area contributed by atoms with Gasteiger partial charge in [0.05, 0.1) is 10.7 Å². The minimum Gasteiger partial charge on any atom is -0.492 e. The lowest BCUT2D eigenvalue weighted by molar-refractivity contribution is 0.300. The number of rotatable bonds is 10. The molecule has 3 aromatic rings. The van der Waals surface area contributed by atoms with E-state index in [9.17, 15) is 4.79 Å². The second-order valence-corrected chi connectivity index (χ2v) is 7.37. The zero-order valence-electron chi connectivity index (χ0n) is 17.2. The Hall–Kier alpha value is -2.83. The summed E-state index contributed by atoms with van der Waals surface area (Å²) in [4.78, 5) is 16.7. The van der Waals surface area contributed by atoms with Crippen LogP contribution in [-0.4, -0.2) is 28.7 Å². The van der Waals surface area contributed by atoms with Gasteiger partial charge < -0.3 is 14.8 Å². The number of hydrogen-bond acceptors (Lipinski definition) is 5. The molecule has 0 amide bonds. The van der Waals surface area contributed by atoms with Crippen LogP contribution in [0.4, 0.5) is 0 Å². The van der Waals surface area contributed by atoms with Crippen LogP contribution >= 0.6 is 11.6 Å². The molecule has 30 heavy (non-hydrogen) atoms. The van der Waals surface area contributed by atoms with Gasteiger partial charge in [0.2, 0.25) is 0 Å². The summed E-state index contributed by atoms with van der Waals surface area (Å²) in [6.45, 7) is 5.95. The normalized spacial score (nSPS) is 11.8. The number of benzene rings is 1. The third-order valence-electron chi connectivity index (χ3n) is 4.66. The lowest BCUT2D eigenvalue weighted by Gasteiger charge is -2.12. The summed E-state index contributed by atoms with van der Waals surface area (Å²) >= 11 is 5.83. The number of pyridine rings is 2. The van der Waals surface area contributed by atoms with Crippen LogP contribution in [0.3, 0.4) is 0 Å². The van der Waals surface area contributed by atoms with Crippen molar-refractivity contribution in [3.8, 4) is 17.2 Å². The molecule has 0 saturated carbocycles. The molecular formula is C23H26ClN3O3. The summed E-state index contributed by atoms with van der Waals surface area (Å²) in [5, 5.41) is 3.95. The highest BCUT2D eigenvalue weighted by Crippen LogP contribution is 2.16. The first-order valence-electron chi connectivity index (χ1n) is 9.97. The highest BCUT2D eigenvalue weighted by Gasteiger charge is 2.04. The van der Waals surface area contributed by atoms with Crippen LogP contribution in [0.1, 0.15) is 26.0 Å². The van der Waals surface area contributed by atoms with E-state index in [2.05, 4.69) is 24.1 Å². The van der Waals surface area contributed by atoms with Gasteiger partial charge in [-0.1, -0.05) is 18.5 Å². The molecule has 2 aromatic heterocycles. The fourth-order valence-corrected chi connectivity index (χ4v) is 2.85. The molecule has 7 heteroatoms. The molecule has 158 valence electrons. The number of ether oxygens (including phenoxy) is 2. The van der Waals surface area contributed by atoms with E-state index in [1.165, 1.54) is 6.07 Å². The minimum atomic E-state index is -0.178. The molecule has 1 atom stereocenters. The van der Waals surface area contributed by atoms with Crippen LogP contribution in [-0.2, 0) is 6.61 Å². The molecular weight excluding hydrogens is 402 g/mol. The maximum atomic E-state index is 12.5. The van der Waals surface area contributed by atoms with Gasteiger partial charge in [-0.3, -0.25) is 14.3 Å². The van der Waals surface area contributed by atoms with Crippen molar-refractivity contribution in [1.82, 2.24) is 14.9 Å². The van der Waals surface area contributed by atoms with Gasteiger partial charge in [0.1, 0.15) is 24.7 Å². The number of nitrogens with zero attached hydrogens (tertiary/aromatic N) is 2. The smallest absolute Gasteiger partial charge is 0.258 e. The molecule has 1 N–H and O–H groups in total. The summed E-state index contributed by atoms with van der Waals surface area (Å²) in [5.41, 5.74) is 1.32. The van der Waals surface area contributed by atoms with Crippen LogP contribution in [0.2, 0.25) is 5.02 Å². The predicted octanol–water partition coefficient (Wildman–Crippen LogP) is 4.23. The molecule has 0 aliphatic heterocycles. The van der Waals surface area contributed by atoms with Gasteiger partial charge in [-0.2, -0.15) is 0 Å². The van der Waals surface area contributed by atoms with Crippen molar-refractivity contribution in [2.45, 2.75) is 32.9 Å². The monoisotopic (exact) mass is 427 g/mol. The van der Waals surface area contributed by atoms with E-state index in [-0.39, 0.29) is 12.2 Å². The zero-order valence-corrected chi connectivity index (χ0v) is 17.9. The van der Waals surface area contributed by atoms with Gasteiger partial charge in [-0.05, 0) is 55.8 Å². The van der Waals surface area contributed by atoms with Crippen molar-refractivity contribution < 1.29 is 9.47 Å². The number of aromatic nitrogens is 2. The van der Waals surface area contributed by atoms with E-state index in [0.717, 1.165) is 30.1 Å². The lowest BCUT2D eigenvalue weighted by Crippen LogP contribution is -2.29. The summed E-state index contributed by atoms with van der Waals surface area (Å²) in [6, 6.07) is 14.7. The van der Waals surface area contributed by atoms with E-state index >= 15 is 0 Å². The second-order valence-electron chi connectivity index (χ2n) is 6.93. The molecule has 2 heterocycles. The first-order chi connectivity index (χ1) is 14.5. The van der Waals surface area contributed by atoms with Crippen molar-refractivity contribution in [2.75, 3.05) is 13.2 Å². The van der Waals surface area contributed by atoms with Crippen molar-refractivity contribution in [3.63, 3.8) is 0 Å².